The van der Waals surface area contributed by atoms with Gasteiger partial charge in [0.05, 0.1) is 12.5 Å². The van der Waals surface area contributed by atoms with E-state index >= 15 is 0 Å². The first kappa shape index (κ1) is 11.6. The van der Waals surface area contributed by atoms with Crippen molar-refractivity contribution in [2.24, 2.45) is 5.92 Å². The lowest BCUT2D eigenvalue weighted by Crippen LogP contribution is -2.30. The molecule has 1 fully saturated rings. The Kier molecular flexibility index (Phi) is 3.64. The molecule has 0 radical (unpaired) electrons. The maximum absolute atomic E-state index is 11.4. The zero-order chi connectivity index (χ0) is 11.5. The SMILES string of the molecule is CCOC(=O)C1CC(c2ccc(Br)cc2)C1. The summed E-state index contributed by atoms with van der Waals surface area (Å²) < 4.78 is 6.10. The average molecular weight is 283 g/mol. The number of ether oxygens (including phenoxy) is 1. The van der Waals surface area contributed by atoms with Crippen LogP contribution in [0.2, 0.25) is 0 Å². The Balaban J connectivity index is 1.88. The van der Waals surface area contributed by atoms with E-state index in [1.165, 1.54) is 5.56 Å². The van der Waals surface area contributed by atoms with Gasteiger partial charge in [-0.05, 0) is 43.4 Å². The van der Waals surface area contributed by atoms with Crippen molar-refractivity contribution in [3.63, 3.8) is 0 Å². The quantitative estimate of drug-likeness (QED) is 0.793. The Labute approximate surface area is 104 Å². The van der Waals surface area contributed by atoms with E-state index in [1.807, 2.05) is 19.1 Å². The Hall–Kier alpha value is -0.830. The lowest BCUT2D eigenvalue weighted by atomic mass is 9.71. The molecule has 0 aliphatic heterocycles. The second-order valence-corrected chi connectivity index (χ2v) is 5.08. The van der Waals surface area contributed by atoms with Crippen LogP contribution in [-0.2, 0) is 9.53 Å². The maximum atomic E-state index is 11.4. The predicted molar refractivity (Wildman–Crippen MR) is 66.2 cm³/mol. The van der Waals surface area contributed by atoms with Crippen molar-refractivity contribution in [2.75, 3.05) is 6.61 Å². The number of halogens is 1. The zero-order valence-corrected chi connectivity index (χ0v) is 10.9. The first-order valence-corrected chi connectivity index (χ1v) is 6.42. The molecule has 0 bridgehead atoms. The molecule has 2 nitrogen and oxygen atoms in total. The van der Waals surface area contributed by atoms with Gasteiger partial charge in [-0.3, -0.25) is 4.79 Å². The van der Waals surface area contributed by atoms with Gasteiger partial charge in [-0.15, -0.1) is 0 Å². The highest BCUT2D eigenvalue weighted by Gasteiger charge is 2.36. The van der Waals surface area contributed by atoms with Crippen LogP contribution in [-0.4, -0.2) is 12.6 Å². The Morgan fingerprint density at radius 2 is 2.00 bits per heavy atom. The molecule has 1 aromatic rings. The van der Waals surface area contributed by atoms with Crippen molar-refractivity contribution >= 4 is 21.9 Å². The minimum Gasteiger partial charge on any atom is -0.466 e. The molecule has 0 unspecified atom stereocenters. The van der Waals surface area contributed by atoms with Crippen molar-refractivity contribution in [3.05, 3.63) is 34.3 Å². The summed E-state index contributed by atoms with van der Waals surface area (Å²) in [5.41, 5.74) is 1.32. The largest absolute Gasteiger partial charge is 0.466 e. The van der Waals surface area contributed by atoms with Crippen LogP contribution in [0.1, 0.15) is 31.2 Å². The Bertz CT molecular complexity index is 366. The summed E-state index contributed by atoms with van der Waals surface area (Å²) in [6.07, 6.45) is 1.86. The summed E-state index contributed by atoms with van der Waals surface area (Å²) in [7, 11) is 0. The minimum atomic E-state index is -0.0316. The van der Waals surface area contributed by atoms with Crippen LogP contribution in [0.15, 0.2) is 28.7 Å². The van der Waals surface area contributed by atoms with Crippen molar-refractivity contribution in [1.29, 1.82) is 0 Å². The molecule has 1 aliphatic rings. The van der Waals surface area contributed by atoms with E-state index in [2.05, 4.69) is 28.1 Å². The number of carbonyl (C=O) groups excluding carboxylic acids is 1. The van der Waals surface area contributed by atoms with Gasteiger partial charge in [0.25, 0.3) is 0 Å². The first-order chi connectivity index (χ1) is 7.70. The van der Waals surface area contributed by atoms with Crippen LogP contribution in [0.4, 0.5) is 0 Å². The Morgan fingerprint density at radius 3 is 2.56 bits per heavy atom. The molecule has 0 amide bonds. The summed E-state index contributed by atoms with van der Waals surface area (Å²) >= 11 is 3.42. The molecule has 1 aromatic carbocycles. The third-order valence-electron chi connectivity index (χ3n) is 3.10. The smallest absolute Gasteiger partial charge is 0.308 e. The van der Waals surface area contributed by atoms with Crippen molar-refractivity contribution in [2.45, 2.75) is 25.7 Å². The number of hydrogen-bond acceptors (Lipinski definition) is 2. The fourth-order valence-corrected chi connectivity index (χ4v) is 2.34. The molecule has 0 atom stereocenters. The summed E-state index contributed by atoms with van der Waals surface area (Å²) in [5.74, 6) is 0.618. The summed E-state index contributed by atoms with van der Waals surface area (Å²) in [6, 6.07) is 8.34. The number of esters is 1. The third-order valence-corrected chi connectivity index (χ3v) is 3.63. The van der Waals surface area contributed by atoms with Crippen molar-refractivity contribution in [3.8, 4) is 0 Å². The molecule has 0 N–H and O–H groups in total. The van der Waals surface area contributed by atoms with E-state index in [1.54, 1.807) is 0 Å². The van der Waals surface area contributed by atoms with Crippen molar-refractivity contribution in [1.82, 2.24) is 0 Å². The lowest BCUT2D eigenvalue weighted by molar-refractivity contribution is -0.151. The van der Waals surface area contributed by atoms with Crippen LogP contribution >= 0.6 is 15.9 Å². The Morgan fingerprint density at radius 1 is 1.38 bits per heavy atom. The molecule has 3 heteroatoms. The van der Waals surface area contributed by atoms with Gasteiger partial charge < -0.3 is 4.74 Å². The molecule has 0 aromatic heterocycles. The van der Waals surface area contributed by atoms with E-state index in [0.717, 1.165) is 17.3 Å². The fourth-order valence-electron chi connectivity index (χ4n) is 2.08. The average Bonchev–Trinajstić information content (AvgIpc) is 2.19. The number of carbonyl (C=O) groups is 1. The summed E-state index contributed by atoms with van der Waals surface area (Å²) in [4.78, 5) is 11.4. The molecule has 0 spiro atoms. The van der Waals surface area contributed by atoms with E-state index in [0.29, 0.717) is 12.5 Å². The summed E-state index contributed by atoms with van der Waals surface area (Å²) in [5, 5.41) is 0. The van der Waals surface area contributed by atoms with Crippen LogP contribution < -0.4 is 0 Å². The third kappa shape index (κ3) is 2.46. The number of hydrogen-bond donors (Lipinski definition) is 0. The van der Waals surface area contributed by atoms with Crippen LogP contribution in [0, 0.1) is 5.92 Å². The standard InChI is InChI=1S/C13H15BrO2/c1-2-16-13(15)11-7-10(8-11)9-3-5-12(14)6-4-9/h3-6,10-11H,2,7-8H2,1H3. The molecular formula is C13H15BrO2. The van der Waals surface area contributed by atoms with Gasteiger partial charge in [-0.2, -0.15) is 0 Å². The van der Waals surface area contributed by atoms with Crippen LogP contribution in [0.5, 0.6) is 0 Å². The van der Waals surface area contributed by atoms with Gasteiger partial charge >= 0.3 is 5.97 Å². The summed E-state index contributed by atoms with van der Waals surface area (Å²) in [6.45, 7) is 2.33. The van der Waals surface area contributed by atoms with E-state index in [-0.39, 0.29) is 11.9 Å². The molecule has 2 rings (SSSR count). The second-order valence-electron chi connectivity index (χ2n) is 4.17. The monoisotopic (exact) mass is 282 g/mol. The molecule has 0 saturated heterocycles. The molecule has 86 valence electrons. The fraction of sp³-hybridized carbons (Fsp3) is 0.462. The zero-order valence-electron chi connectivity index (χ0n) is 9.28. The molecular weight excluding hydrogens is 268 g/mol. The molecule has 1 saturated carbocycles. The minimum absolute atomic E-state index is 0.0316. The van der Waals surface area contributed by atoms with Crippen LogP contribution in [0.3, 0.4) is 0 Å². The van der Waals surface area contributed by atoms with Gasteiger partial charge in [0.2, 0.25) is 0 Å². The topological polar surface area (TPSA) is 26.3 Å². The van der Waals surface area contributed by atoms with Crippen molar-refractivity contribution < 1.29 is 9.53 Å². The maximum Gasteiger partial charge on any atom is 0.308 e. The number of benzene rings is 1. The normalized spacial score (nSPS) is 23.6. The second kappa shape index (κ2) is 5.00. The van der Waals surface area contributed by atoms with Gasteiger partial charge in [0.1, 0.15) is 0 Å². The predicted octanol–water partition coefficient (Wildman–Crippen LogP) is 3.51. The van der Waals surface area contributed by atoms with Gasteiger partial charge in [0.15, 0.2) is 0 Å². The first-order valence-electron chi connectivity index (χ1n) is 5.62. The van der Waals surface area contributed by atoms with Gasteiger partial charge in [-0.1, -0.05) is 28.1 Å². The van der Waals surface area contributed by atoms with E-state index in [9.17, 15) is 4.79 Å². The van der Waals surface area contributed by atoms with Gasteiger partial charge in [-0.25, -0.2) is 0 Å². The highest BCUT2D eigenvalue weighted by Crippen LogP contribution is 2.42. The van der Waals surface area contributed by atoms with E-state index < -0.39 is 0 Å². The van der Waals surface area contributed by atoms with Crippen LogP contribution in [0.25, 0.3) is 0 Å². The highest BCUT2D eigenvalue weighted by molar-refractivity contribution is 9.10. The lowest BCUT2D eigenvalue weighted by Gasteiger charge is -2.33. The molecule has 16 heavy (non-hydrogen) atoms. The van der Waals surface area contributed by atoms with Gasteiger partial charge in [0, 0.05) is 4.47 Å². The van der Waals surface area contributed by atoms with E-state index in [4.69, 9.17) is 4.74 Å². The highest BCUT2D eigenvalue weighted by atomic mass is 79.9. The molecule has 0 heterocycles. The number of rotatable bonds is 3. The molecule has 1 aliphatic carbocycles.